The molecule has 0 aromatic heterocycles. The zero-order chi connectivity index (χ0) is 13.8. The molecule has 0 aliphatic carbocycles. The molecule has 0 aliphatic heterocycles. The third-order valence-corrected chi connectivity index (χ3v) is 4.58. The van der Waals surface area contributed by atoms with Crippen LogP contribution in [0.15, 0.2) is 35.7 Å². The number of hydrogen-bond acceptors (Lipinski definition) is 3. The van der Waals surface area contributed by atoms with E-state index in [1.54, 1.807) is 19.9 Å². The van der Waals surface area contributed by atoms with Gasteiger partial charge < -0.3 is 0 Å². The van der Waals surface area contributed by atoms with Gasteiger partial charge in [-0.05, 0) is 30.7 Å². The van der Waals surface area contributed by atoms with Crippen molar-refractivity contribution in [3.05, 3.63) is 42.0 Å². The van der Waals surface area contributed by atoms with Crippen molar-refractivity contribution in [1.82, 2.24) is 4.31 Å². The van der Waals surface area contributed by atoms with Crippen molar-refractivity contribution < 1.29 is 8.42 Å². The van der Waals surface area contributed by atoms with Crippen LogP contribution in [0.5, 0.6) is 0 Å². The van der Waals surface area contributed by atoms with E-state index in [4.69, 9.17) is 5.26 Å². The van der Waals surface area contributed by atoms with E-state index in [0.717, 1.165) is 0 Å². The molecule has 0 bridgehead atoms. The highest BCUT2D eigenvalue weighted by atomic mass is 32.2. The predicted octanol–water partition coefficient (Wildman–Crippen LogP) is 2.06. The van der Waals surface area contributed by atoms with Crippen LogP contribution < -0.4 is 0 Å². The monoisotopic (exact) mass is 264 g/mol. The van der Waals surface area contributed by atoms with Crippen LogP contribution in [0.4, 0.5) is 0 Å². The molecule has 5 heteroatoms. The molecule has 0 unspecified atom stereocenters. The summed E-state index contributed by atoms with van der Waals surface area (Å²) in [5.74, 6) is 0. The van der Waals surface area contributed by atoms with Crippen LogP contribution in [0.2, 0.25) is 0 Å². The van der Waals surface area contributed by atoms with E-state index in [1.807, 2.05) is 6.07 Å². The van der Waals surface area contributed by atoms with Crippen LogP contribution in [0.25, 0.3) is 0 Å². The molecule has 4 nitrogen and oxygen atoms in total. The Morgan fingerprint density at radius 2 is 2.17 bits per heavy atom. The van der Waals surface area contributed by atoms with Crippen molar-refractivity contribution in [3.8, 4) is 6.07 Å². The van der Waals surface area contributed by atoms with Gasteiger partial charge in [-0.1, -0.05) is 13.0 Å². The van der Waals surface area contributed by atoms with Crippen LogP contribution in [-0.2, 0) is 10.0 Å². The molecule has 0 radical (unpaired) electrons. The summed E-state index contributed by atoms with van der Waals surface area (Å²) in [7, 11) is -3.51. The second kappa shape index (κ2) is 5.80. The van der Waals surface area contributed by atoms with E-state index in [2.05, 4.69) is 6.58 Å². The number of nitriles is 1. The van der Waals surface area contributed by atoms with Gasteiger partial charge in [-0.2, -0.15) is 9.57 Å². The second-order valence-electron chi connectivity index (χ2n) is 3.83. The number of benzene rings is 1. The summed E-state index contributed by atoms with van der Waals surface area (Å²) < 4.78 is 25.9. The summed E-state index contributed by atoms with van der Waals surface area (Å²) in [5, 5.41) is 8.83. The van der Waals surface area contributed by atoms with Crippen LogP contribution in [0.1, 0.15) is 18.1 Å². The van der Waals surface area contributed by atoms with Gasteiger partial charge in [-0.25, -0.2) is 8.42 Å². The topological polar surface area (TPSA) is 61.2 Å². The summed E-state index contributed by atoms with van der Waals surface area (Å²) in [6.07, 6.45) is 1.55. The largest absolute Gasteiger partial charge is 0.243 e. The zero-order valence-electron chi connectivity index (χ0n) is 10.5. The summed E-state index contributed by atoms with van der Waals surface area (Å²) in [6.45, 7) is 7.71. The summed E-state index contributed by atoms with van der Waals surface area (Å²) in [5.41, 5.74) is 1.15. The fraction of sp³-hybridized carbons (Fsp3) is 0.308. The minimum absolute atomic E-state index is 0.211. The molecule has 96 valence electrons. The number of nitrogens with zero attached hydrogens (tertiary/aromatic N) is 2. The Morgan fingerprint density at radius 1 is 1.50 bits per heavy atom. The van der Waals surface area contributed by atoms with Crippen molar-refractivity contribution in [2.45, 2.75) is 18.7 Å². The Morgan fingerprint density at radius 3 is 2.61 bits per heavy atom. The molecule has 0 aliphatic rings. The van der Waals surface area contributed by atoms with E-state index in [1.165, 1.54) is 22.5 Å². The Hall–Kier alpha value is -1.64. The third-order valence-electron chi connectivity index (χ3n) is 2.64. The second-order valence-corrected chi connectivity index (χ2v) is 5.77. The van der Waals surface area contributed by atoms with Crippen LogP contribution in [-0.4, -0.2) is 25.8 Å². The van der Waals surface area contributed by atoms with Gasteiger partial charge in [0.1, 0.15) is 0 Å². The maximum absolute atomic E-state index is 12.3. The van der Waals surface area contributed by atoms with Gasteiger partial charge in [-0.3, -0.25) is 0 Å². The molecular formula is C13H16N2O2S. The normalized spacial score (nSPS) is 11.2. The van der Waals surface area contributed by atoms with Gasteiger partial charge in [0.15, 0.2) is 0 Å². The highest BCUT2D eigenvalue weighted by Gasteiger charge is 2.22. The van der Waals surface area contributed by atoms with Crippen LogP contribution in [0, 0.1) is 18.3 Å². The number of rotatable bonds is 5. The van der Waals surface area contributed by atoms with Crippen LogP contribution >= 0.6 is 0 Å². The third kappa shape index (κ3) is 2.78. The van der Waals surface area contributed by atoms with E-state index >= 15 is 0 Å². The lowest BCUT2D eigenvalue weighted by molar-refractivity contribution is 0.460. The molecule has 0 spiro atoms. The Kier molecular flexibility index (Phi) is 4.65. The van der Waals surface area contributed by atoms with Crippen molar-refractivity contribution in [2.24, 2.45) is 0 Å². The van der Waals surface area contributed by atoms with Crippen molar-refractivity contribution in [3.63, 3.8) is 0 Å². The average Bonchev–Trinajstić information content (AvgIpc) is 2.35. The highest BCUT2D eigenvalue weighted by Crippen LogP contribution is 2.19. The molecule has 18 heavy (non-hydrogen) atoms. The first kappa shape index (κ1) is 14.4. The number of aryl methyl sites for hydroxylation is 1. The predicted molar refractivity (Wildman–Crippen MR) is 70.5 cm³/mol. The minimum Gasteiger partial charge on any atom is -0.207 e. The number of sulfonamides is 1. The molecule has 0 atom stereocenters. The zero-order valence-corrected chi connectivity index (χ0v) is 11.4. The van der Waals surface area contributed by atoms with Gasteiger partial charge in [0.25, 0.3) is 0 Å². The maximum atomic E-state index is 12.3. The Labute approximate surface area is 108 Å². The first-order chi connectivity index (χ1) is 8.47. The molecular weight excluding hydrogens is 248 g/mol. The smallest absolute Gasteiger partial charge is 0.207 e. The standard InChI is InChI=1S/C13H16N2O2S/c1-4-8-15(5-2)18(16,17)13-7-6-12(10-14)11(3)9-13/h4,6-7,9H,1,5,8H2,2-3H3. The van der Waals surface area contributed by atoms with E-state index in [-0.39, 0.29) is 11.4 Å². The van der Waals surface area contributed by atoms with E-state index in [0.29, 0.717) is 17.7 Å². The van der Waals surface area contributed by atoms with Crippen LogP contribution in [0.3, 0.4) is 0 Å². The van der Waals surface area contributed by atoms with Gasteiger partial charge in [0.05, 0.1) is 16.5 Å². The van der Waals surface area contributed by atoms with Gasteiger partial charge in [0, 0.05) is 13.1 Å². The molecule has 0 N–H and O–H groups in total. The first-order valence-corrected chi connectivity index (χ1v) is 7.03. The van der Waals surface area contributed by atoms with E-state index < -0.39 is 10.0 Å². The number of hydrogen-bond donors (Lipinski definition) is 0. The molecule has 0 saturated carbocycles. The van der Waals surface area contributed by atoms with Gasteiger partial charge in [-0.15, -0.1) is 6.58 Å². The molecule has 0 amide bonds. The lowest BCUT2D eigenvalue weighted by atomic mass is 10.1. The fourth-order valence-corrected chi connectivity index (χ4v) is 3.12. The highest BCUT2D eigenvalue weighted by molar-refractivity contribution is 7.89. The van der Waals surface area contributed by atoms with Crippen molar-refractivity contribution in [1.29, 1.82) is 5.26 Å². The molecule has 0 fully saturated rings. The SMILES string of the molecule is C=CCN(CC)S(=O)(=O)c1ccc(C#N)c(C)c1. The maximum Gasteiger partial charge on any atom is 0.243 e. The van der Waals surface area contributed by atoms with Crippen molar-refractivity contribution in [2.75, 3.05) is 13.1 Å². The molecule has 1 aromatic rings. The molecule has 1 aromatic carbocycles. The Balaban J connectivity index is 3.24. The fourth-order valence-electron chi connectivity index (χ4n) is 1.61. The summed E-state index contributed by atoms with van der Waals surface area (Å²) in [6, 6.07) is 6.54. The quantitative estimate of drug-likeness (QED) is 0.765. The Bertz CT molecular complexity index is 585. The molecule has 1 rings (SSSR count). The van der Waals surface area contributed by atoms with Crippen molar-refractivity contribution >= 4 is 10.0 Å². The minimum atomic E-state index is -3.51. The van der Waals surface area contributed by atoms with Gasteiger partial charge >= 0.3 is 0 Å². The van der Waals surface area contributed by atoms with E-state index in [9.17, 15) is 8.42 Å². The summed E-state index contributed by atoms with van der Waals surface area (Å²) in [4.78, 5) is 0.211. The molecule has 0 heterocycles. The average molecular weight is 264 g/mol. The molecule has 0 saturated heterocycles. The summed E-state index contributed by atoms with van der Waals surface area (Å²) >= 11 is 0. The first-order valence-electron chi connectivity index (χ1n) is 5.59. The number of likely N-dealkylation sites (N-methyl/N-ethyl adjacent to an activating group) is 1. The van der Waals surface area contributed by atoms with Gasteiger partial charge in [0.2, 0.25) is 10.0 Å². The lowest BCUT2D eigenvalue weighted by Crippen LogP contribution is -2.31. The lowest BCUT2D eigenvalue weighted by Gasteiger charge is -2.19.